The highest BCUT2D eigenvalue weighted by atomic mass is 32.1. The summed E-state index contributed by atoms with van der Waals surface area (Å²) in [5.41, 5.74) is 4.33. The predicted octanol–water partition coefficient (Wildman–Crippen LogP) is 3.30. The van der Waals surface area contributed by atoms with Crippen molar-refractivity contribution in [1.82, 2.24) is 9.55 Å². The van der Waals surface area contributed by atoms with E-state index in [0.717, 1.165) is 40.6 Å². The normalized spacial score (nSPS) is 15.0. The van der Waals surface area contributed by atoms with Crippen molar-refractivity contribution >= 4 is 21.6 Å². The van der Waals surface area contributed by atoms with Crippen LogP contribution < -0.4 is 5.56 Å². The van der Waals surface area contributed by atoms with Gasteiger partial charge in [-0.15, -0.1) is 11.3 Å². The van der Waals surface area contributed by atoms with E-state index in [1.807, 2.05) is 32.0 Å². The molecule has 0 saturated heterocycles. The predicted molar refractivity (Wildman–Crippen MR) is 96.8 cm³/mol. The zero-order chi connectivity index (χ0) is 16.8. The number of aliphatic hydroxyl groups is 1. The molecule has 1 aliphatic carbocycles. The first-order valence-corrected chi connectivity index (χ1v) is 9.11. The van der Waals surface area contributed by atoms with Crippen LogP contribution in [0, 0.1) is 13.8 Å². The van der Waals surface area contributed by atoms with Crippen LogP contribution in [0.15, 0.2) is 29.3 Å². The van der Waals surface area contributed by atoms with Gasteiger partial charge in [0.15, 0.2) is 0 Å². The molecule has 1 atom stereocenters. The number of hydrogen-bond acceptors (Lipinski definition) is 4. The summed E-state index contributed by atoms with van der Waals surface area (Å²) >= 11 is 1.64. The van der Waals surface area contributed by atoms with Gasteiger partial charge in [-0.25, -0.2) is 4.98 Å². The highest BCUT2D eigenvalue weighted by molar-refractivity contribution is 7.18. The highest BCUT2D eigenvalue weighted by Gasteiger charge is 2.22. The van der Waals surface area contributed by atoms with Crippen molar-refractivity contribution < 1.29 is 5.11 Å². The maximum absolute atomic E-state index is 12.9. The molecule has 4 nitrogen and oxygen atoms in total. The third-order valence-electron chi connectivity index (χ3n) is 4.98. The minimum absolute atomic E-state index is 0.0257. The monoisotopic (exact) mass is 340 g/mol. The van der Waals surface area contributed by atoms with Crippen LogP contribution in [0.1, 0.15) is 39.7 Å². The van der Waals surface area contributed by atoms with Gasteiger partial charge >= 0.3 is 0 Å². The van der Waals surface area contributed by atoms with E-state index in [1.54, 1.807) is 22.2 Å². The number of rotatable bonds is 3. The van der Waals surface area contributed by atoms with Gasteiger partial charge in [0.05, 0.1) is 24.4 Å². The number of thiophene rings is 1. The smallest absolute Gasteiger partial charge is 0.262 e. The first-order chi connectivity index (χ1) is 11.5. The molecule has 1 N–H and O–H groups in total. The first-order valence-electron chi connectivity index (χ1n) is 8.29. The zero-order valence-corrected chi connectivity index (χ0v) is 14.7. The average Bonchev–Trinajstić information content (AvgIpc) is 3.13. The van der Waals surface area contributed by atoms with Crippen LogP contribution in [0.3, 0.4) is 0 Å². The minimum Gasteiger partial charge on any atom is -0.387 e. The molecule has 0 radical (unpaired) electrons. The van der Waals surface area contributed by atoms with Crippen molar-refractivity contribution in [2.75, 3.05) is 0 Å². The van der Waals surface area contributed by atoms with Crippen LogP contribution in [0.4, 0.5) is 0 Å². The van der Waals surface area contributed by atoms with Crippen molar-refractivity contribution in [3.05, 3.63) is 62.0 Å². The molecule has 24 heavy (non-hydrogen) atoms. The Kier molecular flexibility index (Phi) is 3.77. The van der Waals surface area contributed by atoms with E-state index in [9.17, 15) is 9.90 Å². The lowest BCUT2D eigenvalue weighted by Crippen LogP contribution is -2.24. The molecule has 0 amide bonds. The molecule has 3 aromatic rings. The Labute approximate surface area is 144 Å². The highest BCUT2D eigenvalue weighted by Crippen LogP contribution is 2.34. The number of aliphatic hydroxyl groups excluding tert-OH is 1. The molecular weight excluding hydrogens is 320 g/mol. The van der Waals surface area contributed by atoms with Gasteiger partial charge in [-0.1, -0.05) is 18.2 Å². The number of aromatic nitrogens is 2. The maximum Gasteiger partial charge on any atom is 0.262 e. The van der Waals surface area contributed by atoms with Crippen molar-refractivity contribution in [1.29, 1.82) is 0 Å². The van der Waals surface area contributed by atoms with Gasteiger partial charge in [-0.05, 0) is 55.4 Å². The van der Waals surface area contributed by atoms with Crippen molar-refractivity contribution in [2.45, 2.75) is 45.8 Å². The molecule has 0 bridgehead atoms. The van der Waals surface area contributed by atoms with E-state index in [4.69, 9.17) is 0 Å². The molecule has 0 saturated carbocycles. The molecule has 0 aliphatic heterocycles. The Morgan fingerprint density at radius 3 is 2.92 bits per heavy atom. The van der Waals surface area contributed by atoms with E-state index >= 15 is 0 Å². The standard InChI is InChI=1S/C19H20N2O2S/c1-11-6-7-13(8-12(11)2)15(22)9-21-10-20-18-17(19(21)23)14-4-3-5-16(14)24-18/h6-8,10,15,22H,3-5,9H2,1-2H3/t15-/m1/s1. The Bertz CT molecular complexity index is 987. The molecular formula is C19H20N2O2S. The summed E-state index contributed by atoms with van der Waals surface area (Å²) in [6, 6.07) is 5.91. The molecule has 0 spiro atoms. The lowest BCUT2D eigenvalue weighted by molar-refractivity contribution is 0.155. The Morgan fingerprint density at radius 1 is 1.29 bits per heavy atom. The summed E-state index contributed by atoms with van der Waals surface area (Å²) in [5, 5.41) is 11.3. The molecule has 0 fully saturated rings. The fraction of sp³-hybridized carbons (Fsp3) is 0.368. The van der Waals surface area contributed by atoms with Gasteiger partial charge in [0.2, 0.25) is 0 Å². The number of nitrogens with zero attached hydrogens (tertiary/aromatic N) is 2. The van der Waals surface area contributed by atoms with Crippen LogP contribution >= 0.6 is 11.3 Å². The minimum atomic E-state index is -0.715. The van der Waals surface area contributed by atoms with Crippen molar-refractivity contribution in [3.8, 4) is 0 Å². The summed E-state index contributed by atoms with van der Waals surface area (Å²) in [7, 11) is 0. The lowest BCUT2D eigenvalue weighted by Gasteiger charge is -2.14. The topological polar surface area (TPSA) is 55.1 Å². The number of fused-ring (bicyclic) bond motifs is 3. The van der Waals surface area contributed by atoms with Crippen LogP contribution in [0.5, 0.6) is 0 Å². The summed E-state index contributed by atoms with van der Waals surface area (Å²) in [4.78, 5) is 19.5. The summed E-state index contributed by atoms with van der Waals surface area (Å²) in [6.07, 6.45) is 4.00. The van der Waals surface area contributed by atoms with Crippen LogP contribution in [-0.2, 0) is 19.4 Å². The van der Waals surface area contributed by atoms with Gasteiger partial charge in [0.25, 0.3) is 5.56 Å². The largest absolute Gasteiger partial charge is 0.387 e. The molecule has 5 heteroatoms. The zero-order valence-electron chi connectivity index (χ0n) is 13.9. The number of benzene rings is 1. The first kappa shape index (κ1) is 15.5. The molecule has 2 aromatic heterocycles. The average molecular weight is 340 g/mol. The third-order valence-corrected chi connectivity index (χ3v) is 6.18. The third kappa shape index (κ3) is 2.48. The SMILES string of the molecule is Cc1ccc([C@H](O)Cn2cnc3sc4c(c3c2=O)CCC4)cc1C. The van der Waals surface area contributed by atoms with Crippen molar-refractivity contribution in [2.24, 2.45) is 0 Å². The van der Waals surface area contributed by atoms with Gasteiger partial charge in [-0.3, -0.25) is 9.36 Å². The molecule has 1 aliphatic rings. The summed E-state index contributed by atoms with van der Waals surface area (Å²) in [5.74, 6) is 0. The van der Waals surface area contributed by atoms with E-state index in [0.29, 0.717) is 0 Å². The van der Waals surface area contributed by atoms with Gasteiger partial charge in [0.1, 0.15) is 4.83 Å². The summed E-state index contributed by atoms with van der Waals surface area (Å²) in [6.45, 7) is 4.31. The molecule has 1 aromatic carbocycles. The van der Waals surface area contributed by atoms with Crippen LogP contribution in [0.2, 0.25) is 0 Å². The second kappa shape index (κ2) is 5.83. The van der Waals surface area contributed by atoms with E-state index < -0.39 is 6.10 Å². The molecule has 124 valence electrons. The quantitative estimate of drug-likeness (QED) is 0.796. The Balaban J connectivity index is 1.70. The van der Waals surface area contributed by atoms with E-state index in [-0.39, 0.29) is 12.1 Å². The van der Waals surface area contributed by atoms with Gasteiger partial charge < -0.3 is 5.11 Å². The molecule has 0 unspecified atom stereocenters. The fourth-order valence-corrected chi connectivity index (χ4v) is 4.63. The van der Waals surface area contributed by atoms with E-state index in [2.05, 4.69) is 4.98 Å². The van der Waals surface area contributed by atoms with Crippen LogP contribution in [-0.4, -0.2) is 14.7 Å². The number of hydrogen-bond donors (Lipinski definition) is 1. The maximum atomic E-state index is 12.9. The Hall–Kier alpha value is -1.98. The molecule has 2 heterocycles. The van der Waals surface area contributed by atoms with Gasteiger partial charge in [-0.2, -0.15) is 0 Å². The second-order valence-corrected chi connectivity index (χ2v) is 7.68. The lowest BCUT2D eigenvalue weighted by atomic mass is 10.0. The van der Waals surface area contributed by atoms with Crippen molar-refractivity contribution in [3.63, 3.8) is 0 Å². The van der Waals surface area contributed by atoms with Crippen LogP contribution in [0.25, 0.3) is 10.2 Å². The Morgan fingerprint density at radius 2 is 2.12 bits per heavy atom. The summed E-state index contributed by atoms with van der Waals surface area (Å²) < 4.78 is 1.55. The number of aryl methyl sites for hydroxylation is 4. The fourth-order valence-electron chi connectivity index (χ4n) is 3.41. The molecule has 4 rings (SSSR count). The van der Waals surface area contributed by atoms with E-state index in [1.165, 1.54) is 16.0 Å². The second-order valence-electron chi connectivity index (χ2n) is 6.60. The van der Waals surface area contributed by atoms with Gasteiger partial charge in [0, 0.05) is 4.88 Å².